The van der Waals surface area contributed by atoms with Crippen LogP contribution in [-0.2, 0) is 0 Å². The highest BCUT2D eigenvalue weighted by Gasteiger charge is 1.98. The van der Waals surface area contributed by atoms with Gasteiger partial charge in [0.25, 0.3) is 0 Å². The number of nitrogens with zero attached hydrogens (tertiary/aromatic N) is 1. The second-order valence-electron chi connectivity index (χ2n) is 1.89. The van der Waals surface area contributed by atoms with E-state index in [0.29, 0.717) is 0 Å². The van der Waals surface area contributed by atoms with E-state index in [2.05, 4.69) is 9.99 Å². The van der Waals surface area contributed by atoms with Gasteiger partial charge < -0.3 is 4.84 Å². The number of halogens is 1. The molecule has 0 saturated heterocycles. The molecule has 58 valence electrons. The average molecular weight is 153 g/mol. The van der Waals surface area contributed by atoms with Gasteiger partial charge in [-0.05, 0) is 19.1 Å². The Morgan fingerprint density at radius 3 is 2.82 bits per heavy atom. The third kappa shape index (κ3) is 2.04. The van der Waals surface area contributed by atoms with Crippen LogP contribution in [-0.4, -0.2) is 6.21 Å². The fraction of sp³-hybridized carbons (Fsp3) is 0.125. The number of para-hydroxylation sites is 1. The lowest BCUT2D eigenvalue weighted by Gasteiger charge is -1.96. The third-order valence-corrected chi connectivity index (χ3v) is 1.09. The number of oxime groups is 1. The van der Waals surface area contributed by atoms with E-state index in [0.717, 1.165) is 0 Å². The Kier molecular flexibility index (Phi) is 2.60. The Hall–Kier alpha value is -1.38. The second kappa shape index (κ2) is 3.71. The molecule has 0 amide bonds. The summed E-state index contributed by atoms with van der Waals surface area (Å²) in [6, 6.07) is 6.12. The number of rotatable bonds is 2. The van der Waals surface area contributed by atoms with Crippen molar-refractivity contribution in [2.24, 2.45) is 5.16 Å². The van der Waals surface area contributed by atoms with Gasteiger partial charge in [0.1, 0.15) is 0 Å². The summed E-state index contributed by atoms with van der Waals surface area (Å²) in [7, 11) is 0. The smallest absolute Gasteiger partial charge is 0.193 e. The summed E-state index contributed by atoms with van der Waals surface area (Å²) in [5.74, 6) is -0.260. The molecule has 1 aromatic carbocycles. The molecule has 0 saturated carbocycles. The van der Waals surface area contributed by atoms with E-state index in [1.807, 2.05) is 0 Å². The van der Waals surface area contributed by atoms with Crippen LogP contribution in [0, 0.1) is 5.82 Å². The molecule has 0 N–H and O–H groups in total. The fourth-order valence-electron chi connectivity index (χ4n) is 0.628. The SMILES string of the molecule is CC=NOc1ccccc1F. The van der Waals surface area contributed by atoms with E-state index in [4.69, 9.17) is 0 Å². The van der Waals surface area contributed by atoms with Gasteiger partial charge in [0.05, 0.1) is 0 Å². The van der Waals surface area contributed by atoms with Crippen LogP contribution in [0.2, 0.25) is 0 Å². The van der Waals surface area contributed by atoms with Crippen LogP contribution in [0.15, 0.2) is 29.4 Å². The van der Waals surface area contributed by atoms with E-state index in [9.17, 15) is 4.39 Å². The summed E-state index contributed by atoms with van der Waals surface area (Å²) in [6.45, 7) is 1.70. The number of hydrogen-bond donors (Lipinski definition) is 0. The summed E-state index contributed by atoms with van der Waals surface area (Å²) in [5, 5.41) is 3.44. The molecule has 0 aromatic heterocycles. The van der Waals surface area contributed by atoms with Crippen LogP contribution in [0.25, 0.3) is 0 Å². The molecule has 0 aliphatic carbocycles. The van der Waals surface area contributed by atoms with Crippen molar-refractivity contribution >= 4 is 6.21 Å². The summed E-state index contributed by atoms with van der Waals surface area (Å²) in [4.78, 5) is 4.68. The second-order valence-corrected chi connectivity index (χ2v) is 1.89. The van der Waals surface area contributed by atoms with Crippen LogP contribution in [0.1, 0.15) is 6.92 Å². The molecular weight excluding hydrogens is 145 g/mol. The zero-order valence-electron chi connectivity index (χ0n) is 6.12. The molecule has 0 fully saturated rings. The Balaban J connectivity index is 2.77. The van der Waals surface area contributed by atoms with Crippen LogP contribution in [0.5, 0.6) is 5.75 Å². The molecule has 0 aliphatic heterocycles. The first kappa shape index (κ1) is 7.72. The van der Waals surface area contributed by atoms with Gasteiger partial charge in [0.2, 0.25) is 0 Å². The molecule has 1 aromatic rings. The van der Waals surface area contributed by atoms with Gasteiger partial charge in [0, 0.05) is 6.21 Å². The van der Waals surface area contributed by atoms with Crippen LogP contribution in [0.3, 0.4) is 0 Å². The monoisotopic (exact) mass is 153 g/mol. The van der Waals surface area contributed by atoms with Crippen molar-refractivity contribution in [3.05, 3.63) is 30.1 Å². The largest absolute Gasteiger partial charge is 0.354 e. The van der Waals surface area contributed by atoms with Crippen molar-refractivity contribution in [2.45, 2.75) is 6.92 Å². The van der Waals surface area contributed by atoms with Crippen molar-refractivity contribution < 1.29 is 9.23 Å². The van der Waals surface area contributed by atoms with Gasteiger partial charge >= 0.3 is 0 Å². The molecule has 0 atom stereocenters. The van der Waals surface area contributed by atoms with E-state index in [1.165, 1.54) is 18.3 Å². The standard InChI is InChI=1S/C8H8FNO/c1-2-10-11-8-6-4-3-5-7(8)9/h2-6H,1H3. The lowest BCUT2D eigenvalue weighted by Crippen LogP contribution is -1.85. The maximum Gasteiger partial charge on any atom is 0.193 e. The van der Waals surface area contributed by atoms with E-state index < -0.39 is 5.82 Å². The van der Waals surface area contributed by atoms with Crippen molar-refractivity contribution in [1.29, 1.82) is 0 Å². The molecule has 0 unspecified atom stereocenters. The first-order chi connectivity index (χ1) is 5.34. The molecule has 3 heteroatoms. The summed E-state index contributed by atoms with van der Waals surface area (Å²) < 4.78 is 12.7. The van der Waals surface area contributed by atoms with E-state index in [-0.39, 0.29) is 5.75 Å². The highest BCUT2D eigenvalue weighted by molar-refractivity contribution is 5.52. The summed E-state index contributed by atoms with van der Waals surface area (Å²) in [6.07, 6.45) is 1.45. The van der Waals surface area contributed by atoms with Crippen molar-refractivity contribution in [3.8, 4) is 5.75 Å². The zero-order valence-corrected chi connectivity index (χ0v) is 6.12. The first-order valence-electron chi connectivity index (χ1n) is 3.24. The normalized spacial score (nSPS) is 10.4. The molecular formula is C8H8FNO. The van der Waals surface area contributed by atoms with E-state index in [1.54, 1.807) is 19.1 Å². The molecule has 0 heterocycles. The topological polar surface area (TPSA) is 21.6 Å². The van der Waals surface area contributed by atoms with Gasteiger partial charge in [-0.15, -0.1) is 0 Å². The lowest BCUT2D eigenvalue weighted by molar-refractivity contribution is 0.324. The lowest BCUT2D eigenvalue weighted by atomic mass is 10.3. The Labute approximate surface area is 64.3 Å². The summed E-state index contributed by atoms with van der Waals surface area (Å²) in [5.41, 5.74) is 0. The van der Waals surface area contributed by atoms with Crippen LogP contribution < -0.4 is 4.84 Å². The van der Waals surface area contributed by atoms with Crippen LogP contribution in [0.4, 0.5) is 4.39 Å². The van der Waals surface area contributed by atoms with Crippen molar-refractivity contribution in [3.63, 3.8) is 0 Å². The van der Waals surface area contributed by atoms with Gasteiger partial charge in [-0.3, -0.25) is 0 Å². The molecule has 2 nitrogen and oxygen atoms in total. The summed E-state index contributed by atoms with van der Waals surface area (Å²) >= 11 is 0. The van der Waals surface area contributed by atoms with Crippen molar-refractivity contribution in [1.82, 2.24) is 0 Å². The quantitative estimate of drug-likeness (QED) is 0.471. The number of hydrogen-bond acceptors (Lipinski definition) is 2. The fourth-order valence-corrected chi connectivity index (χ4v) is 0.628. The Bertz CT molecular complexity index is 260. The molecule has 0 aliphatic rings. The van der Waals surface area contributed by atoms with Gasteiger partial charge in [0.15, 0.2) is 11.6 Å². The molecule has 0 radical (unpaired) electrons. The zero-order chi connectivity index (χ0) is 8.10. The number of benzene rings is 1. The Morgan fingerprint density at radius 1 is 1.45 bits per heavy atom. The average Bonchev–Trinajstić information content (AvgIpc) is 2.03. The highest BCUT2D eigenvalue weighted by Crippen LogP contribution is 2.14. The maximum atomic E-state index is 12.7. The maximum absolute atomic E-state index is 12.7. The van der Waals surface area contributed by atoms with Crippen LogP contribution >= 0.6 is 0 Å². The molecule has 1 rings (SSSR count). The van der Waals surface area contributed by atoms with Gasteiger partial charge in [-0.25, -0.2) is 4.39 Å². The third-order valence-electron chi connectivity index (χ3n) is 1.09. The minimum absolute atomic E-state index is 0.144. The predicted molar refractivity (Wildman–Crippen MR) is 41.2 cm³/mol. The predicted octanol–water partition coefficient (Wildman–Crippen LogP) is 2.21. The van der Waals surface area contributed by atoms with Crippen molar-refractivity contribution in [2.75, 3.05) is 0 Å². The van der Waals surface area contributed by atoms with Gasteiger partial charge in [-0.1, -0.05) is 17.3 Å². The molecule has 11 heavy (non-hydrogen) atoms. The minimum Gasteiger partial charge on any atom is -0.354 e. The molecule has 0 spiro atoms. The first-order valence-corrected chi connectivity index (χ1v) is 3.24. The Morgan fingerprint density at radius 2 is 2.18 bits per heavy atom. The van der Waals surface area contributed by atoms with Gasteiger partial charge in [-0.2, -0.15) is 0 Å². The van der Waals surface area contributed by atoms with E-state index >= 15 is 0 Å². The molecule has 0 bridgehead atoms. The minimum atomic E-state index is -0.405. The highest BCUT2D eigenvalue weighted by atomic mass is 19.1.